The molecule has 2 N–H and O–H groups in total. The van der Waals surface area contributed by atoms with Crippen LogP contribution in [0.3, 0.4) is 0 Å². The Balaban J connectivity index is 2.34. The number of nitrogens with zero attached hydrogens (tertiary/aromatic N) is 3. The molecule has 0 fully saturated rings. The second kappa shape index (κ2) is 3.85. The summed E-state index contributed by atoms with van der Waals surface area (Å²) in [5.74, 6) is 1.06. The van der Waals surface area contributed by atoms with E-state index < -0.39 is 0 Å². The molecular formula is C8H7BrN4O. The van der Waals surface area contributed by atoms with Crippen LogP contribution in [0.2, 0.25) is 0 Å². The standard InChI is InChI=1S/C8H7BrN4O/c9-5-1-10-7(11-2-5)8-12-3-6(4-14)13-8/h1-3,14H,4H2,(H,12,13). The quantitative estimate of drug-likeness (QED) is 0.843. The molecule has 2 aromatic rings. The number of aliphatic hydroxyl groups excluding tert-OH is 1. The summed E-state index contributed by atoms with van der Waals surface area (Å²) in [5, 5.41) is 8.82. The van der Waals surface area contributed by atoms with Crippen LogP contribution < -0.4 is 0 Å². The van der Waals surface area contributed by atoms with Gasteiger partial charge in [0.25, 0.3) is 0 Å². The maximum atomic E-state index is 8.82. The van der Waals surface area contributed by atoms with Gasteiger partial charge in [0.05, 0.1) is 23.0 Å². The van der Waals surface area contributed by atoms with E-state index in [4.69, 9.17) is 5.11 Å². The summed E-state index contributed by atoms with van der Waals surface area (Å²) in [7, 11) is 0. The first-order valence-electron chi connectivity index (χ1n) is 3.92. The fraction of sp³-hybridized carbons (Fsp3) is 0.125. The van der Waals surface area contributed by atoms with Crippen LogP contribution in [0.15, 0.2) is 23.1 Å². The van der Waals surface area contributed by atoms with Crippen LogP contribution in [0, 0.1) is 0 Å². The fourth-order valence-electron chi connectivity index (χ4n) is 0.988. The minimum Gasteiger partial charge on any atom is -0.390 e. The van der Waals surface area contributed by atoms with E-state index in [2.05, 4.69) is 35.9 Å². The molecule has 0 unspecified atom stereocenters. The number of nitrogens with one attached hydrogen (secondary N) is 1. The Morgan fingerprint density at radius 2 is 1.93 bits per heavy atom. The number of hydrogen-bond acceptors (Lipinski definition) is 4. The molecule has 0 spiro atoms. The number of halogens is 1. The summed E-state index contributed by atoms with van der Waals surface area (Å²) >= 11 is 3.24. The molecule has 0 aliphatic carbocycles. The predicted molar refractivity (Wildman–Crippen MR) is 53.2 cm³/mol. The molecule has 2 rings (SSSR count). The van der Waals surface area contributed by atoms with Crippen LogP contribution in [0.4, 0.5) is 0 Å². The number of H-pyrrole nitrogens is 1. The van der Waals surface area contributed by atoms with Crippen molar-refractivity contribution in [2.24, 2.45) is 0 Å². The van der Waals surface area contributed by atoms with Gasteiger partial charge in [0, 0.05) is 12.4 Å². The Hall–Kier alpha value is -1.27. The van der Waals surface area contributed by atoms with Gasteiger partial charge in [-0.2, -0.15) is 0 Å². The summed E-state index contributed by atoms with van der Waals surface area (Å²) in [4.78, 5) is 15.1. The van der Waals surface area contributed by atoms with Crippen LogP contribution in [0.25, 0.3) is 11.6 Å². The Labute approximate surface area is 88.4 Å². The van der Waals surface area contributed by atoms with Crippen molar-refractivity contribution in [1.82, 2.24) is 19.9 Å². The zero-order chi connectivity index (χ0) is 9.97. The molecule has 0 radical (unpaired) electrons. The molecule has 2 aromatic heterocycles. The van der Waals surface area contributed by atoms with Crippen LogP contribution in [-0.2, 0) is 6.61 Å². The third-order valence-corrected chi connectivity index (χ3v) is 2.04. The number of aliphatic hydroxyl groups is 1. The predicted octanol–water partition coefficient (Wildman–Crippen LogP) is 1.12. The second-order valence-electron chi connectivity index (χ2n) is 2.64. The first kappa shape index (κ1) is 9.29. The van der Waals surface area contributed by atoms with Gasteiger partial charge in [0.1, 0.15) is 0 Å². The van der Waals surface area contributed by atoms with Crippen molar-refractivity contribution in [3.8, 4) is 11.6 Å². The van der Waals surface area contributed by atoms with Crippen molar-refractivity contribution in [2.75, 3.05) is 0 Å². The zero-order valence-corrected chi connectivity index (χ0v) is 8.69. The van der Waals surface area contributed by atoms with Gasteiger partial charge in [0.15, 0.2) is 11.6 Å². The molecular weight excluding hydrogens is 248 g/mol. The topological polar surface area (TPSA) is 74.7 Å². The van der Waals surface area contributed by atoms with E-state index in [1.54, 1.807) is 18.6 Å². The number of imidazole rings is 1. The lowest BCUT2D eigenvalue weighted by Crippen LogP contribution is -1.90. The Morgan fingerprint density at radius 1 is 1.21 bits per heavy atom. The maximum absolute atomic E-state index is 8.82. The monoisotopic (exact) mass is 254 g/mol. The number of aromatic amines is 1. The third-order valence-electron chi connectivity index (χ3n) is 1.63. The summed E-state index contributed by atoms with van der Waals surface area (Å²) in [6, 6.07) is 0. The third kappa shape index (κ3) is 1.80. The van der Waals surface area contributed by atoms with E-state index in [1.165, 1.54) is 0 Å². The highest BCUT2D eigenvalue weighted by Gasteiger charge is 2.04. The first-order chi connectivity index (χ1) is 6.79. The van der Waals surface area contributed by atoms with Gasteiger partial charge in [0.2, 0.25) is 0 Å². The lowest BCUT2D eigenvalue weighted by molar-refractivity contribution is 0.277. The van der Waals surface area contributed by atoms with Crippen LogP contribution in [0.5, 0.6) is 0 Å². The van der Waals surface area contributed by atoms with Crippen molar-refractivity contribution in [3.63, 3.8) is 0 Å². The molecule has 0 bridgehead atoms. The normalized spacial score (nSPS) is 10.4. The van der Waals surface area contributed by atoms with Crippen molar-refractivity contribution in [1.29, 1.82) is 0 Å². The second-order valence-corrected chi connectivity index (χ2v) is 3.56. The van der Waals surface area contributed by atoms with Gasteiger partial charge < -0.3 is 10.1 Å². The minimum atomic E-state index is -0.0659. The average Bonchev–Trinajstić information content (AvgIpc) is 2.67. The molecule has 6 heteroatoms. The van der Waals surface area contributed by atoms with Gasteiger partial charge in [-0.15, -0.1) is 0 Å². The van der Waals surface area contributed by atoms with E-state index in [-0.39, 0.29) is 6.61 Å². The number of rotatable bonds is 2. The van der Waals surface area contributed by atoms with E-state index in [0.717, 1.165) is 4.47 Å². The number of aromatic nitrogens is 4. The van der Waals surface area contributed by atoms with E-state index in [1.807, 2.05) is 0 Å². The Morgan fingerprint density at radius 3 is 2.50 bits per heavy atom. The minimum absolute atomic E-state index is 0.0659. The smallest absolute Gasteiger partial charge is 0.195 e. The van der Waals surface area contributed by atoms with Crippen LogP contribution in [0.1, 0.15) is 5.69 Å². The largest absolute Gasteiger partial charge is 0.390 e. The van der Waals surface area contributed by atoms with Crippen molar-refractivity contribution >= 4 is 15.9 Å². The average molecular weight is 255 g/mol. The van der Waals surface area contributed by atoms with Gasteiger partial charge in [-0.3, -0.25) is 0 Å². The fourth-order valence-corrected chi connectivity index (χ4v) is 1.19. The van der Waals surface area contributed by atoms with Gasteiger partial charge in [-0.1, -0.05) is 0 Å². The highest BCUT2D eigenvalue weighted by atomic mass is 79.9. The van der Waals surface area contributed by atoms with Crippen LogP contribution in [-0.4, -0.2) is 25.0 Å². The Kier molecular flexibility index (Phi) is 2.55. The lowest BCUT2D eigenvalue weighted by Gasteiger charge is -1.94. The molecule has 0 saturated heterocycles. The van der Waals surface area contributed by atoms with Gasteiger partial charge >= 0.3 is 0 Å². The van der Waals surface area contributed by atoms with Gasteiger partial charge in [-0.25, -0.2) is 15.0 Å². The SMILES string of the molecule is OCc1cnc(-c2ncc(Br)cn2)[nH]1. The maximum Gasteiger partial charge on any atom is 0.195 e. The number of hydrogen-bond donors (Lipinski definition) is 2. The molecule has 5 nitrogen and oxygen atoms in total. The zero-order valence-electron chi connectivity index (χ0n) is 7.11. The Bertz CT molecular complexity index is 425. The molecule has 0 aromatic carbocycles. The van der Waals surface area contributed by atoms with E-state index >= 15 is 0 Å². The summed E-state index contributed by atoms with van der Waals surface area (Å²) in [5.41, 5.74) is 0.645. The van der Waals surface area contributed by atoms with E-state index in [9.17, 15) is 0 Å². The summed E-state index contributed by atoms with van der Waals surface area (Å²) in [6.45, 7) is -0.0659. The highest BCUT2D eigenvalue weighted by Crippen LogP contribution is 2.12. The van der Waals surface area contributed by atoms with Gasteiger partial charge in [-0.05, 0) is 15.9 Å². The van der Waals surface area contributed by atoms with Crippen molar-refractivity contribution in [2.45, 2.75) is 6.61 Å². The summed E-state index contributed by atoms with van der Waals surface area (Å²) in [6.07, 6.45) is 4.84. The molecule has 72 valence electrons. The summed E-state index contributed by atoms with van der Waals surface area (Å²) < 4.78 is 0.815. The highest BCUT2D eigenvalue weighted by molar-refractivity contribution is 9.10. The van der Waals surface area contributed by atoms with Crippen LogP contribution >= 0.6 is 15.9 Å². The lowest BCUT2D eigenvalue weighted by atomic mass is 10.5. The van der Waals surface area contributed by atoms with Crippen molar-refractivity contribution < 1.29 is 5.11 Å². The molecule has 0 atom stereocenters. The molecule has 14 heavy (non-hydrogen) atoms. The van der Waals surface area contributed by atoms with E-state index in [0.29, 0.717) is 17.3 Å². The molecule has 0 aliphatic rings. The molecule has 0 aliphatic heterocycles. The molecule has 0 saturated carbocycles. The molecule has 0 amide bonds. The molecule has 2 heterocycles. The first-order valence-corrected chi connectivity index (χ1v) is 4.71. The van der Waals surface area contributed by atoms with Crippen molar-refractivity contribution in [3.05, 3.63) is 28.8 Å².